The molecule has 2 amide bonds. The number of carbonyl (C=O) groups excluding carboxylic acids is 2. The maximum absolute atomic E-state index is 12.7. The maximum atomic E-state index is 12.7. The van der Waals surface area contributed by atoms with Crippen molar-refractivity contribution in [2.45, 2.75) is 38.6 Å². The SMILES string of the molecule is CC(=O)N1CCC(C(=O)NC2CCCN(c3cc(-c4ccc(Cl)cc4)[nH]n3)C2)CC1. The summed E-state index contributed by atoms with van der Waals surface area (Å²) in [6, 6.07) is 9.83. The predicted octanol–water partition coefficient (Wildman–Crippen LogP) is 3.07. The third-order valence-corrected chi connectivity index (χ3v) is 6.37. The molecular formula is C22H28ClN5O2. The van der Waals surface area contributed by atoms with E-state index in [1.165, 1.54) is 0 Å². The molecule has 30 heavy (non-hydrogen) atoms. The molecule has 2 saturated heterocycles. The van der Waals surface area contributed by atoms with Crippen LogP contribution in [-0.2, 0) is 9.59 Å². The molecule has 1 aromatic carbocycles. The van der Waals surface area contributed by atoms with Crippen LogP contribution in [0.3, 0.4) is 0 Å². The highest BCUT2D eigenvalue weighted by Gasteiger charge is 2.29. The van der Waals surface area contributed by atoms with Gasteiger partial charge in [0.2, 0.25) is 11.8 Å². The van der Waals surface area contributed by atoms with Crippen LogP contribution in [0.1, 0.15) is 32.6 Å². The van der Waals surface area contributed by atoms with E-state index in [-0.39, 0.29) is 23.8 Å². The van der Waals surface area contributed by atoms with E-state index in [0.29, 0.717) is 18.1 Å². The molecule has 3 heterocycles. The summed E-state index contributed by atoms with van der Waals surface area (Å²) in [5.74, 6) is 1.11. The van der Waals surface area contributed by atoms with E-state index in [1.54, 1.807) is 6.92 Å². The van der Waals surface area contributed by atoms with E-state index >= 15 is 0 Å². The Morgan fingerprint density at radius 2 is 1.87 bits per heavy atom. The minimum atomic E-state index is -0.00197. The van der Waals surface area contributed by atoms with E-state index in [9.17, 15) is 9.59 Å². The van der Waals surface area contributed by atoms with Gasteiger partial charge in [-0.05, 0) is 43.4 Å². The molecule has 0 radical (unpaired) electrons. The highest BCUT2D eigenvalue weighted by Crippen LogP contribution is 2.25. The number of nitrogens with zero attached hydrogens (tertiary/aromatic N) is 3. The molecule has 2 aromatic rings. The first kappa shape index (κ1) is 20.7. The number of benzene rings is 1. The first-order valence-corrected chi connectivity index (χ1v) is 11.0. The van der Waals surface area contributed by atoms with Gasteiger partial charge in [0.15, 0.2) is 5.82 Å². The Bertz CT molecular complexity index is 889. The number of anilines is 1. The van der Waals surface area contributed by atoms with E-state index in [4.69, 9.17) is 11.6 Å². The lowest BCUT2D eigenvalue weighted by atomic mass is 9.95. The van der Waals surface area contributed by atoms with Gasteiger partial charge in [-0.1, -0.05) is 23.7 Å². The maximum Gasteiger partial charge on any atom is 0.223 e. The molecule has 2 aliphatic rings. The molecule has 8 heteroatoms. The smallest absolute Gasteiger partial charge is 0.223 e. The third-order valence-electron chi connectivity index (χ3n) is 6.12. The highest BCUT2D eigenvalue weighted by molar-refractivity contribution is 6.30. The van der Waals surface area contributed by atoms with Crippen molar-refractivity contribution in [2.75, 3.05) is 31.1 Å². The lowest BCUT2D eigenvalue weighted by molar-refractivity contribution is -0.134. The van der Waals surface area contributed by atoms with E-state index in [1.807, 2.05) is 35.2 Å². The molecule has 2 aliphatic heterocycles. The van der Waals surface area contributed by atoms with Gasteiger partial charge in [-0.25, -0.2) is 0 Å². The van der Waals surface area contributed by atoms with Crippen molar-refractivity contribution in [1.82, 2.24) is 20.4 Å². The van der Waals surface area contributed by atoms with Crippen LogP contribution in [0.4, 0.5) is 5.82 Å². The summed E-state index contributed by atoms with van der Waals surface area (Å²) in [5.41, 5.74) is 1.99. The Morgan fingerprint density at radius 3 is 2.57 bits per heavy atom. The second-order valence-electron chi connectivity index (χ2n) is 8.22. The predicted molar refractivity (Wildman–Crippen MR) is 117 cm³/mol. The fourth-order valence-corrected chi connectivity index (χ4v) is 4.46. The average molecular weight is 430 g/mol. The summed E-state index contributed by atoms with van der Waals surface area (Å²) in [6.07, 6.45) is 3.47. The van der Waals surface area contributed by atoms with Gasteiger partial charge in [-0.15, -0.1) is 0 Å². The van der Waals surface area contributed by atoms with Crippen molar-refractivity contribution >= 4 is 29.2 Å². The molecule has 0 aliphatic carbocycles. The molecular weight excluding hydrogens is 402 g/mol. The lowest BCUT2D eigenvalue weighted by Gasteiger charge is -2.35. The van der Waals surface area contributed by atoms with Crippen molar-refractivity contribution in [1.29, 1.82) is 0 Å². The molecule has 1 aromatic heterocycles. The number of halogens is 1. The molecule has 4 rings (SSSR count). The normalized spacial score (nSPS) is 20.3. The average Bonchev–Trinajstić information content (AvgIpc) is 3.25. The van der Waals surface area contributed by atoms with Gasteiger partial charge in [0.05, 0.1) is 5.69 Å². The standard InChI is InChI=1S/C22H28ClN5O2/c1-15(29)27-11-8-17(9-12-27)22(30)24-19-3-2-10-28(14-19)21-13-20(25-26-21)16-4-6-18(23)7-5-16/h4-7,13,17,19H,2-3,8-12,14H2,1H3,(H,24,30)(H,25,26). The van der Waals surface area contributed by atoms with Crippen molar-refractivity contribution in [3.05, 3.63) is 35.4 Å². The summed E-state index contributed by atoms with van der Waals surface area (Å²) in [4.78, 5) is 28.3. The molecule has 0 saturated carbocycles. The van der Waals surface area contributed by atoms with Crippen LogP contribution in [-0.4, -0.2) is 59.1 Å². The van der Waals surface area contributed by atoms with Crippen LogP contribution in [0.2, 0.25) is 5.02 Å². The number of amides is 2. The third kappa shape index (κ3) is 4.78. The van der Waals surface area contributed by atoms with Gasteiger partial charge in [0.1, 0.15) is 0 Å². The summed E-state index contributed by atoms with van der Waals surface area (Å²) in [5, 5.41) is 11.5. The topological polar surface area (TPSA) is 81.3 Å². The number of piperidine rings is 2. The number of nitrogens with one attached hydrogen (secondary N) is 2. The van der Waals surface area contributed by atoms with Crippen molar-refractivity contribution < 1.29 is 9.59 Å². The number of aromatic nitrogens is 2. The zero-order chi connectivity index (χ0) is 21.1. The molecule has 1 unspecified atom stereocenters. The molecule has 160 valence electrons. The van der Waals surface area contributed by atoms with E-state index < -0.39 is 0 Å². The molecule has 2 N–H and O–H groups in total. The number of H-pyrrole nitrogens is 1. The van der Waals surface area contributed by atoms with Crippen LogP contribution in [0.25, 0.3) is 11.3 Å². The van der Waals surface area contributed by atoms with Crippen LogP contribution >= 0.6 is 11.6 Å². The quantitative estimate of drug-likeness (QED) is 0.782. The van der Waals surface area contributed by atoms with Gasteiger partial charge in [0, 0.05) is 56.2 Å². The Labute approximate surface area is 181 Å². The Morgan fingerprint density at radius 1 is 1.13 bits per heavy atom. The van der Waals surface area contributed by atoms with Gasteiger partial charge < -0.3 is 15.1 Å². The van der Waals surface area contributed by atoms with Gasteiger partial charge in [0.25, 0.3) is 0 Å². The lowest BCUT2D eigenvalue weighted by Crippen LogP contribution is -2.50. The van der Waals surface area contributed by atoms with Crippen LogP contribution in [0, 0.1) is 5.92 Å². The number of aromatic amines is 1. The Hall–Kier alpha value is -2.54. The summed E-state index contributed by atoms with van der Waals surface area (Å²) in [6.45, 7) is 4.61. The van der Waals surface area contributed by atoms with Gasteiger partial charge in [-0.2, -0.15) is 5.10 Å². The molecule has 0 spiro atoms. The Kier molecular flexibility index (Phi) is 6.27. The first-order valence-electron chi connectivity index (χ1n) is 10.6. The zero-order valence-electron chi connectivity index (χ0n) is 17.2. The summed E-state index contributed by atoms with van der Waals surface area (Å²) in [7, 11) is 0. The first-order chi connectivity index (χ1) is 14.5. The fraction of sp³-hybridized carbons (Fsp3) is 0.500. The fourth-order valence-electron chi connectivity index (χ4n) is 4.33. The number of hydrogen-bond donors (Lipinski definition) is 2. The van der Waals surface area contributed by atoms with Crippen LogP contribution in [0.15, 0.2) is 30.3 Å². The van der Waals surface area contributed by atoms with Crippen molar-refractivity contribution in [3.63, 3.8) is 0 Å². The van der Waals surface area contributed by atoms with E-state index in [0.717, 1.165) is 55.8 Å². The largest absolute Gasteiger partial charge is 0.353 e. The second-order valence-corrected chi connectivity index (χ2v) is 8.66. The number of hydrogen-bond acceptors (Lipinski definition) is 4. The summed E-state index contributed by atoms with van der Waals surface area (Å²) < 4.78 is 0. The molecule has 1 atom stereocenters. The van der Waals surface area contributed by atoms with Crippen molar-refractivity contribution in [3.8, 4) is 11.3 Å². The molecule has 7 nitrogen and oxygen atoms in total. The monoisotopic (exact) mass is 429 g/mol. The van der Waals surface area contributed by atoms with Crippen molar-refractivity contribution in [2.24, 2.45) is 5.92 Å². The summed E-state index contributed by atoms with van der Waals surface area (Å²) >= 11 is 5.97. The number of likely N-dealkylation sites (tertiary alicyclic amines) is 1. The van der Waals surface area contributed by atoms with Gasteiger partial charge in [-0.3, -0.25) is 14.7 Å². The van der Waals surface area contributed by atoms with E-state index in [2.05, 4.69) is 20.4 Å². The Balaban J connectivity index is 1.33. The van der Waals surface area contributed by atoms with Gasteiger partial charge >= 0.3 is 0 Å². The zero-order valence-corrected chi connectivity index (χ0v) is 18.0. The number of carbonyl (C=O) groups is 2. The highest BCUT2D eigenvalue weighted by atomic mass is 35.5. The van der Waals surface area contributed by atoms with Crippen LogP contribution < -0.4 is 10.2 Å². The minimum Gasteiger partial charge on any atom is -0.353 e. The second kappa shape index (κ2) is 9.08. The van der Waals surface area contributed by atoms with Crippen LogP contribution in [0.5, 0.6) is 0 Å². The molecule has 0 bridgehead atoms. The minimum absolute atomic E-state index is 0.00197. The molecule has 2 fully saturated rings. The number of rotatable bonds is 4.